The van der Waals surface area contributed by atoms with Crippen molar-refractivity contribution in [3.63, 3.8) is 0 Å². The van der Waals surface area contributed by atoms with E-state index in [1.54, 1.807) is 38.1 Å². The summed E-state index contributed by atoms with van der Waals surface area (Å²) in [4.78, 5) is 39.0. The Morgan fingerprint density at radius 3 is 2.61 bits per heavy atom. The summed E-state index contributed by atoms with van der Waals surface area (Å²) in [6.45, 7) is 3.71. The van der Waals surface area contributed by atoms with E-state index in [4.69, 9.17) is 17.4 Å². The lowest BCUT2D eigenvalue weighted by atomic mass is 10.1. The second-order valence-corrected chi connectivity index (χ2v) is 7.71. The van der Waals surface area contributed by atoms with Gasteiger partial charge in [0, 0.05) is 23.7 Å². The lowest BCUT2D eigenvalue weighted by Gasteiger charge is -2.21. The van der Waals surface area contributed by atoms with Crippen LogP contribution in [0.15, 0.2) is 38.3 Å². The van der Waals surface area contributed by atoms with Gasteiger partial charge in [0.2, 0.25) is 0 Å². The molecule has 0 aliphatic carbocycles. The van der Waals surface area contributed by atoms with Crippen LogP contribution in [-0.2, 0) is 6.54 Å². The number of benzene rings is 1. The number of furan rings is 1. The molecule has 8 nitrogen and oxygen atoms in total. The molecule has 9 heteroatoms. The predicted octanol–water partition coefficient (Wildman–Crippen LogP) is 3.09. The van der Waals surface area contributed by atoms with Crippen molar-refractivity contribution < 1.29 is 15.7 Å². The molecule has 1 amide bonds. The summed E-state index contributed by atoms with van der Waals surface area (Å²) in [5, 5.41) is 15.4. The van der Waals surface area contributed by atoms with E-state index in [0.29, 0.717) is 33.4 Å². The van der Waals surface area contributed by atoms with Gasteiger partial charge in [0.1, 0.15) is 22.9 Å². The average Bonchev–Trinajstić information content (AvgIpc) is 3.37. The van der Waals surface area contributed by atoms with Crippen LogP contribution in [0, 0.1) is 6.92 Å². The van der Waals surface area contributed by atoms with Crippen LogP contribution in [0.4, 0.5) is 17.1 Å². The molecule has 162 valence electrons. The smallest absolute Gasteiger partial charge is 0.256 e. The van der Waals surface area contributed by atoms with Crippen LogP contribution in [0.5, 0.6) is 0 Å². The highest BCUT2D eigenvalue weighted by Crippen LogP contribution is 2.37. The standard InChI is InChI=1S/C22H22ClN3O5/c1-3-14(16-7-4-11(2)31-16)24-18-19(21(29)20(18)28)25-15-6-5-13(23)12-10-26(8-9-27)22(30)17(12)15/h4-7,14,24-25,27H,3,8-10H2,1-2H3/t14-/m1/s1/i14D. The van der Waals surface area contributed by atoms with Crippen molar-refractivity contribution >= 4 is 34.6 Å². The molecule has 31 heavy (non-hydrogen) atoms. The van der Waals surface area contributed by atoms with Crippen LogP contribution in [0.3, 0.4) is 0 Å². The van der Waals surface area contributed by atoms with Crippen LogP contribution < -0.4 is 21.5 Å². The molecule has 3 aromatic rings. The van der Waals surface area contributed by atoms with E-state index < -0.39 is 16.9 Å². The van der Waals surface area contributed by atoms with Gasteiger partial charge < -0.3 is 25.1 Å². The molecular weight excluding hydrogens is 422 g/mol. The van der Waals surface area contributed by atoms with Crippen molar-refractivity contribution in [2.75, 3.05) is 23.8 Å². The molecule has 4 rings (SSSR count). The van der Waals surface area contributed by atoms with Crippen molar-refractivity contribution in [3.8, 4) is 0 Å². The minimum absolute atomic E-state index is 0.0266. The van der Waals surface area contributed by atoms with E-state index in [9.17, 15) is 19.5 Å². The molecule has 1 aliphatic rings. The van der Waals surface area contributed by atoms with Crippen LogP contribution in [-0.4, -0.2) is 29.1 Å². The molecule has 0 fully saturated rings. The van der Waals surface area contributed by atoms with Crippen molar-refractivity contribution in [2.24, 2.45) is 0 Å². The molecule has 1 atom stereocenters. The van der Waals surface area contributed by atoms with E-state index in [2.05, 4.69) is 10.6 Å². The minimum atomic E-state index is -1.46. The quantitative estimate of drug-likeness (QED) is 0.457. The number of amides is 1. The highest BCUT2D eigenvalue weighted by atomic mass is 35.5. The van der Waals surface area contributed by atoms with Crippen molar-refractivity contribution in [1.29, 1.82) is 0 Å². The number of anilines is 3. The molecule has 0 unspecified atom stereocenters. The Hall–Kier alpha value is -3.10. The first kappa shape index (κ1) is 19.8. The van der Waals surface area contributed by atoms with Gasteiger partial charge in [-0.1, -0.05) is 18.5 Å². The van der Waals surface area contributed by atoms with Gasteiger partial charge >= 0.3 is 0 Å². The topological polar surface area (TPSA) is 112 Å². The van der Waals surface area contributed by atoms with Crippen LogP contribution in [0.25, 0.3) is 0 Å². The number of hydrogen-bond acceptors (Lipinski definition) is 7. The minimum Gasteiger partial charge on any atom is -0.464 e. The number of carbonyl (C=O) groups is 1. The first-order chi connectivity index (χ1) is 15.2. The number of β-amino-alcohol motifs (C(OH)–C–C–N with tert-alkyl or cyclic N) is 1. The fraction of sp³-hybridized carbons (Fsp3) is 0.318. The Labute approximate surface area is 184 Å². The van der Waals surface area contributed by atoms with Crippen LogP contribution in [0.2, 0.25) is 5.02 Å². The van der Waals surface area contributed by atoms with Gasteiger partial charge in [-0.3, -0.25) is 14.4 Å². The zero-order valence-electron chi connectivity index (χ0n) is 18.0. The molecule has 3 N–H and O–H groups in total. The van der Waals surface area contributed by atoms with E-state index in [1.165, 1.54) is 4.90 Å². The Bertz CT molecular complexity index is 1280. The lowest BCUT2D eigenvalue weighted by molar-refractivity contribution is 0.0746. The van der Waals surface area contributed by atoms with Gasteiger partial charge in [-0.25, -0.2) is 0 Å². The summed E-state index contributed by atoms with van der Waals surface area (Å²) in [6, 6.07) is 5.08. The molecule has 2 aromatic carbocycles. The fourth-order valence-electron chi connectivity index (χ4n) is 3.68. The first-order valence-electron chi connectivity index (χ1n) is 10.4. The molecule has 1 aromatic heterocycles. The molecule has 0 radical (unpaired) electrons. The van der Waals surface area contributed by atoms with Crippen LogP contribution in [0.1, 0.15) is 48.2 Å². The zero-order valence-corrected chi connectivity index (χ0v) is 17.8. The highest BCUT2D eigenvalue weighted by Gasteiger charge is 2.33. The third kappa shape index (κ3) is 3.62. The second kappa shape index (κ2) is 8.20. The number of aryl methyl sites for hydroxylation is 1. The zero-order chi connectivity index (χ0) is 23.2. The van der Waals surface area contributed by atoms with E-state index in [1.807, 2.05) is 0 Å². The Kier molecular flexibility index (Phi) is 5.25. The van der Waals surface area contributed by atoms with Gasteiger partial charge in [0.05, 0.1) is 25.2 Å². The number of nitrogens with zero attached hydrogens (tertiary/aromatic N) is 1. The third-order valence-corrected chi connectivity index (χ3v) is 5.67. The number of hydrogen-bond donors (Lipinski definition) is 3. The molecule has 0 spiro atoms. The highest BCUT2D eigenvalue weighted by molar-refractivity contribution is 6.32. The summed E-state index contributed by atoms with van der Waals surface area (Å²) < 4.78 is 14.3. The van der Waals surface area contributed by atoms with Gasteiger partial charge in [-0.05, 0) is 37.6 Å². The summed E-state index contributed by atoms with van der Waals surface area (Å²) in [5.74, 6) is 0.610. The van der Waals surface area contributed by atoms with E-state index in [-0.39, 0.29) is 43.4 Å². The molecule has 1 aliphatic heterocycles. The number of carbonyl (C=O) groups excluding carboxylic acids is 1. The summed E-state index contributed by atoms with van der Waals surface area (Å²) >= 11 is 6.26. The monoisotopic (exact) mass is 444 g/mol. The second-order valence-electron chi connectivity index (χ2n) is 7.30. The fourth-order valence-corrected chi connectivity index (χ4v) is 3.90. The predicted molar refractivity (Wildman–Crippen MR) is 118 cm³/mol. The van der Waals surface area contributed by atoms with Gasteiger partial charge in [0.25, 0.3) is 16.8 Å². The van der Waals surface area contributed by atoms with Gasteiger partial charge in [-0.15, -0.1) is 0 Å². The van der Waals surface area contributed by atoms with E-state index >= 15 is 0 Å². The lowest BCUT2D eigenvalue weighted by Crippen LogP contribution is -2.37. The maximum absolute atomic E-state index is 12.8. The third-order valence-electron chi connectivity index (χ3n) is 5.31. The summed E-state index contributed by atoms with van der Waals surface area (Å²) in [7, 11) is 0. The molecule has 0 bridgehead atoms. The Morgan fingerprint density at radius 1 is 1.23 bits per heavy atom. The molecular formula is C22H22ClN3O5. The number of rotatable bonds is 8. The maximum atomic E-state index is 12.8. The largest absolute Gasteiger partial charge is 0.464 e. The number of nitrogens with one attached hydrogen (secondary N) is 2. The first-order valence-corrected chi connectivity index (χ1v) is 10.2. The normalized spacial score (nSPS) is 15.7. The van der Waals surface area contributed by atoms with Gasteiger partial charge in [-0.2, -0.15) is 0 Å². The number of aliphatic hydroxyl groups excluding tert-OH is 1. The average molecular weight is 445 g/mol. The summed E-state index contributed by atoms with van der Waals surface area (Å²) in [6.07, 6.45) is 0.267. The molecule has 0 saturated heterocycles. The molecule has 0 saturated carbocycles. The van der Waals surface area contributed by atoms with Crippen LogP contribution >= 0.6 is 11.6 Å². The van der Waals surface area contributed by atoms with Crippen molar-refractivity contribution in [1.82, 2.24) is 4.90 Å². The van der Waals surface area contributed by atoms with Crippen molar-refractivity contribution in [3.05, 3.63) is 72.4 Å². The SMILES string of the molecule is [2H][C@](CC)(Nc1c(Nc2ccc(Cl)c3c2C(=O)N(CCO)C3)c(=O)c1=O)c1ccc(C)o1. The van der Waals surface area contributed by atoms with Gasteiger partial charge in [0.15, 0.2) is 0 Å². The van der Waals surface area contributed by atoms with Crippen molar-refractivity contribution in [2.45, 2.75) is 32.8 Å². The Balaban J connectivity index is 1.69. The number of fused-ring (bicyclic) bond motifs is 1. The number of aliphatic hydroxyl groups is 1. The maximum Gasteiger partial charge on any atom is 0.256 e. The molecule has 2 heterocycles. The Morgan fingerprint density at radius 2 is 1.97 bits per heavy atom. The van der Waals surface area contributed by atoms with E-state index in [0.717, 1.165) is 0 Å². The number of halogens is 1. The summed E-state index contributed by atoms with van der Waals surface area (Å²) in [5.41, 5.74) is -0.367.